The van der Waals surface area contributed by atoms with Gasteiger partial charge in [0.2, 0.25) is 0 Å². The molecule has 4 heteroatoms. The third kappa shape index (κ3) is 1.86. The molecule has 1 aromatic heterocycles. The quantitative estimate of drug-likeness (QED) is 0.883. The van der Waals surface area contributed by atoms with Crippen molar-refractivity contribution in [3.8, 4) is 11.5 Å². The Hall–Kier alpha value is -1.97. The molecule has 0 amide bonds. The number of fused-ring (bicyclic) bond motifs is 1. The molecule has 0 saturated carbocycles. The first-order chi connectivity index (χ1) is 8.21. The van der Waals surface area contributed by atoms with Crippen LogP contribution in [-0.4, -0.2) is 19.2 Å². The van der Waals surface area contributed by atoms with Crippen molar-refractivity contribution in [2.24, 2.45) is 0 Å². The van der Waals surface area contributed by atoms with E-state index in [1.807, 2.05) is 25.1 Å². The van der Waals surface area contributed by atoms with Crippen LogP contribution in [0.4, 0.5) is 0 Å². The maximum absolute atomic E-state index is 11.8. The number of pyridine rings is 1. The average Bonchev–Trinajstić information content (AvgIpc) is 2.36. The summed E-state index contributed by atoms with van der Waals surface area (Å²) >= 11 is 0. The Morgan fingerprint density at radius 2 is 2.00 bits per heavy atom. The number of nitrogens with one attached hydrogen (secondary N) is 1. The molecule has 0 unspecified atom stereocenters. The summed E-state index contributed by atoms with van der Waals surface area (Å²) in [5, 5.41) is 0.944. The number of methoxy groups -OCH3 is 2. The SMILES string of the molecule is CCc1cc2ccc(OC)c(OC)c2[nH]c1=O. The molecule has 17 heavy (non-hydrogen) atoms. The minimum atomic E-state index is -0.0773. The summed E-state index contributed by atoms with van der Waals surface area (Å²) in [6.07, 6.45) is 0.708. The van der Waals surface area contributed by atoms with Crippen LogP contribution in [0.25, 0.3) is 10.9 Å². The van der Waals surface area contributed by atoms with E-state index in [4.69, 9.17) is 9.47 Å². The van der Waals surface area contributed by atoms with Gasteiger partial charge in [0.05, 0.1) is 19.7 Å². The van der Waals surface area contributed by atoms with Gasteiger partial charge in [0, 0.05) is 10.9 Å². The van der Waals surface area contributed by atoms with Crippen molar-refractivity contribution in [1.29, 1.82) is 0 Å². The second-order valence-corrected chi connectivity index (χ2v) is 3.74. The van der Waals surface area contributed by atoms with Gasteiger partial charge in [0.1, 0.15) is 0 Å². The summed E-state index contributed by atoms with van der Waals surface area (Å²) in [5.41, 5.74) is 1.37. The van der Waals surface area contributed by atoms with E-state index < -0.39 is 0 Å². The lowest BCUT2D eigenvalue weighted by Crippen LogP contribution is -2.11. The molecule has 2 rings (SSSR count). The summed E-state index contributed by atoms with van der Waals surface area (Å²) in [6.45, 7) is 1.96. The molecule has 0 aliphatic carbocycles. The molecule has 4 nitrogen and oxygen atoms in total. The lowest BCUT2D eigenvalue weighted by molar-refractivity contribution is 0.358. The summed E-state index contributed by atoms with van der Waals surface area (Å²) in [6, 6.07) is 5.63. The van der Waals surface area contributed by atoms with E-state index in [1.54, 1.807) is 14.2 Å². The van der Waals surface area contributed by atoms with E-state index in [9.17, 15) is 4.79 Å². The summed E-state index contributed by atoms with van der Waals surface area (Å²) < 4.78 is 10.5. The van der Waals surface area contributed by atoms with Crippen LogP contribution in [-0.2, 0) is 6.42 Å². The molecule has 0 radical (unpaired) electrons. The lowest BCUT2D eigenvalue weighted by atomic mass is 10.1. The summed E-state index contributed by atoms with van der Waals surface area (Å²) in [7, 11) is 3.13. The second-order valence-electron chi connectivity index (χ2n) is 3.74. The Bertz CT molecular complexity index is 601. The molecule has 1 heterocycles. The Morgan fingerprint density at radius 1 is 1.24 bits per heavy atom. The predicted molar refractivity (Wildman–Crippen MR) is 67.1 cm³/mol. The van der Waals surface area contributed by atoms with E-state index in [1.165, 1.54) is 0 Å². The van der Waals surface area contributed by atoms with E-state index in [2.05, 4.69) is 4.98 Å². The Morgan fingerprint density at radius 3 is 2.59 bits per heavy atom. The van der Waals surface area contributed by atoms with Crippen LogP contribution in [0.1, 0.15) is 12.5 Å². The molecule has 2 aromatic rings. The highest BCUT2D eigenvalue weighted by Gasteiger charge is 2.10. The molecular formula is C13H15NO3. The zero-order valence-electron chi connectivity index (χ0n) is 10.2. The fourth-order valence-corrected chi connectivity index (χ4v) is 1.90. The van der Waals surface area contributed by atoms with Gasteiger partial charge < -0.3 is 14.5 Å². The van der Waals surface area contributed by atoms with Gasteiger partial charge in [-0.05, 0) is 24.6 Å². The molecule has 0 atom stereocenters. The van der Waals surface area contributed by atoms with Crippen molar-refractivity contribution in [3.63, 3.8) is 0 Å². The van der Waals surface area contributed by atoms with E-state index >= 15 is 0 Å². The number of hydrogen-bond acceptors (Lipinski definition) is 3. The smallest absolute Gasteiger partial charge is 0.251 e. The van der Waals surface area contributed by atoms with Crippen LogP contribution in [0.15, 0.2) is 23.0 Å². The fraction of sp³-hybridized carbons (Fsp3) is 0.308. The Kier molecular flexibility index (Phi) is 3.04. The van der Waals surface area contributed by atoms with Crippen LogP contribution in [0.2, 0.25) is 0 Å². The van der Waals surface area contributed by atoms with Crippen LogP contribution in [0, 0.1) is 0 Å². The van der Waals surface area contributed by atoms with Crippen LogP contribution >= 0.6 is 0 Å². The minimum Gasteiger partial charge on any atom is -0.493 e. The fourth-order valence-electron chi connectivity index (χ4n) is 1.90. The summed E-state index contributed by atoms with van der Waals surface area (Å²) in [4.78, 5) is 14.6. The van der Waals surface area contributed by atoms with Gasteiger partial charge in [0.25, 0.3) is 5.56 Å². The van der Waals surface area contributed by atoms with Gasteiger partial charge in [-0.3, -0.25) is 4.79 Å². The molecule has 1 aromatic carbocycles. The van der Waals surface area contributed by atoms with Crippen LogP contribution in [0.3, 0.4) is 0 Å². The molecule has 1 N–H and O–H groups in total. The van der Waals surface area contributed by atoms with Crippen molar-refractivity contribution in [2.45, 2.75) is 13.3 Å². The second kappa shape index (κ2) is 4.49. The number of aryl methyl sites for hydroxylation is 1. The highest BCUT2D eigenvalue weighted by atomic mass is 16.5. The zero-order valence-corrected chi connectivity index (χ0v) is 10.2. The first-order valence-electron chi connectivity index (χ1n) is 5.48. The molecule has 0 bridgehead atoms. The van der Waals surface area contributed by atoms with Crippen LogP contribution in [0.5, 0.6) is 11.5 Å². The number of rotatable bonds is 3. The maximum atomic E-state index is 11.8. The molecular weight excluding hydrogens is 218 g/mol. The first kappa shape index (κ1) is 11.5. The highest BCUT2D eigenvalue weighted by molar-refractivity contribution is 5.87. The Labute approximate surface area is 99.2 Å². The van der Waals surface area contributed by atoms with Gasteiger partial charge in [-0.15, -0.1) is 0 Å². The third-order valence-corrected chi connectivity index (χ3v) is 2.82. The molecule has 0 saturated heterocycles. The number of benzene rings is 1. The number of aromatic amines is 1. The Balaban J connectivity index is 2.81. The lowest BCUT2D eigenvalue weighted by Gasteiger charge is -2.10. The number of ether oxygens (including phenoxy) is 2. The van der Waals surface area contributed by atoms with Crippen LogP contribution < -0.4 is 15.0 Å². The largest absolute Gasteiger partial charge is 0.493 e. The molecule has 0 spiro atoms. The van der Waals surface area contributed by atoms with Crippen molar-refractivity contribution in [3.05, 3.63) is 34.1 Å². The predicted octanol–water partition coefficient (Wildman–Crippen LogP) is 2.11. The molecule has 0 fully saturated rings. The normalized spacial score (nSPS) is 10.5. The van der Waals surface area contributed by atoms with E-state index in [0.29, 0.717) is 23.4 Å². The highest BCUT2D eigenvalue weighted by Crippen LogP contribution is 2.33. The number of H-pyrrole nitrogens is 1. The van der Waals surface area contributed by atoms with Gasteiger partial charge in [-0.25, -0.2) is 0 Å². The van der Waals surface area contributed by atoms with Crippen molar-refractivity contribution >= 4 is 10.9 Å². The van der Waals surface area contributed by atoms with Gasteiger partial charge in [0.15, 0.2) is 11.5 Å². The maximum Gasteiger partial charge on any atom is 0.251 e. The van der Waals surface area contributed by atoms with E-state index in [-0.39, 0.29) is 5.56 Å². The van der Waals surface area contributed by atoms with Gasteiger partial charge in [-0.1, -0.05) is 6.92 Å². The van der Waals surface area contributed by atoms with Gasteiger partial charge in [-0.2, -0.15) is 0 Å². The van der Waals surface area contributed by atoms with E-state index in [0.717, 1.165) is 10.9 Å². The molecule has 0 aliphatic heterocycles. The summed E-state index contributed by atoms with van der Waals surface area (Å²) in [5.74, 6) is 1.17. The van der Waals surface area contributed by atoms with Gasteiger partial charge >= 0.3 is 0 Å². The first-order valence-corrected chi connectivity index (χ1v) is 5.48. The van der Waals surface area contributed by atoms with Crippen molar-refractivity contribution in [1.82, 2.24) is 4.98 Å². The van der Waals surface area contributed by atoms with Crippen molar-refractivity contribution in [2.75, 3.05) is 14.2 Å². The molecule has 90 valence electrons. The number of aromatic nitrogens is 1. The van der Waals surface area contributed by atoms with Crippen molar-refractivity contribution < 1.29 is 9.47 Å². The molecule has 0 aliphatic rings. The third-order valence-electron chi connectivity index (χ3n) is 2.82. The zero-order chi connectivity index (χ0) is 12.4. The minimum absolute atomic E-state index is 0.0773. The average molecular weight is 233 g/mol. The topological polar surface area (TPSA) is 51.3 Å². The standard InChI is InChI=1S/C13H15NO3/c1-4-8-7-9-5-6-10(16-2)12(17-3)11(9)14-13(8)15/h5-7H,4H2,1-3H3,(H,14,15). The number of hydrogen-bond donors (Lipinski definition) is 1. The monoisotopic (exact) mass is 233 g/mol.